The van der Waals surface area contributed by atoms with Crippen LogP contribution in [0.1, 0.15) is 331 Å². The number of phosphoric acid groups is 2. The summed E-state index contributed by atoms with van der Waals surface area (Å²) in [6, 6.07) is 0. The van der Waals surface area contributed by atoms with E-state index >= 15 is 0 Å². The number of hydrogen-bond donors (Lipinski definition) is 3. The van der Waals surface area contributed by atoms with Crippen LogP contribution in [0.15, 0.2) is 0 Å². The molecule has 3 N–H and O–H groups in total. The fraction of sp³-hybridized carbons (Fsp3) is 0.941. The molecule has 0 aromatic rings. The molecule has 0 aliphatic carbocycles. The van der Waals surface area contributed by atoms with Crippen LogP contribution in [-0.4, -0.2) is 96.7 Å². The quantitative estimate of drug-likeness (QED) is 0.0222. The van der Waals surface area contributed by atoms with Crippen molar-refractivity contribution in [3.8, 4) is 0 Å². The Morgan fingerprint density at radius 1 is 0.322 bits per heavy atom. The molecule has 0 radical (unpaired) electrons. The van der Waals surface area contributed by atoms with Crippen molar-refractivity contribution in [3.05, 3.63) is 0 Å². The summed E-state index contributed by atoms with van der Waals surface area (Å²) in [6.45, 7) is 14.1. The van der Waals surface area contributed by atoms with Crippen LogP contribution in [0.3, 0.4) is 0 Å². The lowest BCUT2D eigenvalue weighted by Crippen LogP contribution is -2.30. The van der Waals surface area contributed by atoms with E-state index in [-0.39, 0.29) is 25.7 Å². The second-order valence-corrected chi connectivity index (χ2v) is 28.9. The number of rotatable bonds is 65. The number of ether oxygens (including phenoxy) is 4. The third-order valence-corrected chi connectivity index (χ3v) is 18.2. The van der Waals surface area contributed by atoms with Crippen molar-refractivity contribution in [2.45, 2.75) is 350 Å². The molecular weight excluding hydrogens is 1150 g/mol. The van der Waals surface area contributed by atoms with Crippen molar-refractivity contribution < 1.29 is 80.2 Å². The normalized spacial score (nSPS) is 15.0. The van der Waals surface area contributed by atoms with Gasteiger partial charge in [-0.1, -0.05) is 280 Å². The maximum Gasteiger partial charge on any atom is 0.472 e. The minimum atomic E-state index is -4.95. The molecule has 87 heavy (non-hydrogen) atoms. The first-order chi connectivity index (χ1) is 41.7. The molecule has 0 heterocycles. The molecule has 0 spiro atoms. The summed E-state index contributed by atoms with van der Waals surface area (Å²) in [5, 5.41) is 10.6. The number of phosphoric ester groups is 2. The maximum atomic E-state index is 13.0. The van der Waals surface area contributed by atoms with E-state index in [2.05, 4.69) is 55.4 Å². The number of unbranched alkanes of at least 4 members (excludes halogenated alkanes) is 29. The van der Waals surface area contributed by atoms with Crippen molar-refractivity contribution in [2.24, 2.45) is 23.7 Å². The molecule has 0 aliphatic rings. The summed E-state index contributed by atoms with van der Waals surface area (Å²) in [7, 11) is -9.90. The first kappa shape index (κ1) is 85.1. The minimum Gasteiger partial charge on any atom is -0.462 e. The van der Waals surface area contributed by atoms with Crippen LogP contribution < -0.4 is 0 Å². The zero-order valence-corrected chi connectivity index (χ0v) is 58.4. The molecule has 0 aromatic heterocycles. The van der Waals surface area contributed by atoms with Gasteiger partial charge in [0.2, 0.25) is 0 Å². The number of esters is 4. The van der Waals surface area contributed by atoms with E-state index in [1.807, 2.05) is 0 Å². The predicted octanol–water partition coefficient (Wildman–Crippen LogP) is 18.9. The number of aliphatic hydroxyl groups excluding tert-OH is 1. The number of carbonyl (C=O) groups is 4. The van der Waals surface area contributed by atoms with Gasteiger partial charge in [-0.3, -0.25) is 37.3 Å². The highest BCUT2D eigenvalue weighted by Gasteiger charge is 2.30. The van der Waals surface area contributed by atoms with Gasteiger partial charge in [0.15, 0.2) is 12.2 Å². The molecule has 0 aromatic carbocycles. The van der Waals surface area contributed by atoms with Gasteiger partial charge in [-0.2, -0.15) is 0 Å². The lowest BCUT2D eigenvalue weighted by molar-refractivity contribution is -0.161. The average Bonchev–Trinajstić information content (AvgIpc) is 3.69. The van der Waals surface area contributed by atoms with E-state index in [0.29, 0.717) is 25.7 Å². The van der Waals surface area contributed by atoms with Crippen LogP contribution in [0.25, 0.3) is 0 Å². The van der Waals surface area contributed by atoms with Gasteiger partial charge in [-0.05, 0) is 49.4 Å². The standard InChI is InChI=1S/C68H132O17P2/c1-9-60(7)46-38-30-22-15-11-12-16-24-34-42-50-67(72)84-63(54-78-65(70)48-40-32-23-19-18-21-29-37-45-59(5)6)56-82-86(74,75)80-52-62(69)53-81-87(76,77)83-57-64(55-79-66(71)49-41-33-27-26-31-39-47-61(8)10-2)85-68(73)51-43-35-25-17-13-14-20-28-36-44-58(3)4/h58-64,69H,9-57H2,1-8H3,(H,74,75)(H,76,77)/t60?,61?,62-,63-,64-/m1/s1. The van der Waals surface area contributed by atoms with Crippen molar-refractivity contribution in [1.29, 1.82) is 0 Å². The summed E-state index contributed by atoms with van der Waals surface area (Å²) in [4.78, 5) is 72.4. The van der Waals surface area contributed by atoms with E-state index in [0.717, 1.165) is 120 Å². The van der Waals surface area contributed by atoms with Gasteiger partial charge in [-0.25, -0.2) is 9.13 Å². The van der Waals surface area contributed by atoms with Crippen LogP contribution in [0.4, 0.5) is 0 Å². The Bertz CT molecular complexity index is 1730. The molecule has 516 valence electrons. The Labute approximate surface area is 530 Å². The molecule has 7 atom stereocenters. The van der Waals surface area contributed by atoms with E-state index in [4.69, 9.17) is 37.0 Å². The summed E-state index contributed by atoms with van der Waals surface area (Å²) in [6.07, 6.45) is 38.9. The molecule has 0 amide bonds. The Morgan fingerprint density at radius 2 is 0.552 bits per heavy atom. The molecule has 0 saturated heterocycles. The monoisotopic (exact) mass is 1280 g/mol. The van der Waals surface area contributed by atoms with Gasteiger partial charge in [-0.15, -0.1) is 0 Å². The molecule has 0 saturated carbocycles. The Hall–Kier alpha value is -1.94. The minimum absolute atomic E-state index is 0.104. The molecule has 0 rings (SSSR count). The topological polar surface area (TPSA) is 237 Å². The zero-order chi connectivity index (χ0) is 64.7. The lowest BCUT2D eigenvalue weighted by Gasteiger charge is -2.21. The summed E-state index contributed by atoms with van der Waals surface area (Å²) in [5.41, 5.74) is 0. The van der Waals surface area contributed by atoms with E-state index in [1.54, 1.807) is 0 Å². The fourth-order valence-electron chi connectivity index (χ4n) is 10.1. The van der Waals surface area contributed by atoms with Gasteiger partial charge in [0.25, 0.3) is 0 Å². The van der Waals surface area contributed by atoms with Gasteiger partial charge in [0, 0.05) is 25.7 Å². The van der Waals surface area contributed by atoms with Gasteiger partial charge < -0.3 is 33.8 Å². The van der Waals surface area contributed by atoms with E-state index in [1.165, 1.54) is 128 Å². The van der Waals surface area contributed by atoms with E-state index in [9.17, 15) is 43.2 Å². The van der Waals surface area contributed by atoms with Gasteiger partial charge in [0.05, 0.1) is 26.4 Å². The number of hydrogen-bond acceptors (Lipinski definition) is 15. The Morgan fingerprint density at radius 3 is 0.816 bits per heavy atom. The molecule has 0 bridgehead atoms. The zero-order valence-electron chi connectivity index (χ0n) is 56.6. The van der Waals surface area contributed by atoms with Crippen LogP contribution in [-0.2, 0) is 65.4 Å². The molecule has 0 aliphatic heterocycles. The van der Waals surface area contributed by atoms with Crippen molar-refractivity contribution in [1.82, 2.24) is 0 Å². The highest BCUT2D eigenvalue weighted by Crippen LogP contribution is 2.45. The lowest BCUT2D eigenvalue weighted by atomic mass is 9.99. The van der Waals surface area contributed by atoms with Gasteiger partial charge in [0.1, 0.15) is 19.3 Å². The maximum absolute atomic E-state index is 13.0. The van der Waals surface area contributed by atoms with Crippen molar-refractivity contribution >= 4 is 39.5 Å². The molecule has 17 nitrogen and oxygen atoms in total. The smallest absolute Gasteiger partial charge is 0.462 e. The summed E-state index contributed by atoms with van der Waals surface area (Å²) >= 11 is 0. The number of carbonyl (C=O) groups excluding carboxylic acids is 4. The fourth-order valence-corrected chi connectivity index (χ4v) is 11.7. The molecular formula is C68H132O17P2. The molecule has 19 heteroatoms. The highest BCUT2D eigenvalue weighted by atomic mass is 31.2. The van der Waals surface area contributed by atoms with Crippen LogP contribution in [0.5, 0.6) is 0 Å². The van der Waals surface area contributed by atoms with Crippen LogP contribution in [0, 0.1) is 23.7 Å². The van der Waals surface area contributed by atoms with Crippen LogP contribution in [0.2, 0.25) is 0 Å². The Kier molecular flexibility index (Phi) is 56.6. The Balaban J connectivity index is 5.27. The summed E-state index contributed by atoms with van der Waals surface area (Å²) in [5.74, 6) is 0.863. The largest absolute Gasteiger partial charge is 0.472 e. The average molecular weight is 1280 g/mol. The second-order valence-electron chi connectivity index (χ2n) is 26.0. The third kappa shape index (κ3) is 60.1. The number of aliphatic hydroxyl groups is 1. The van der Waals surface area contributed by atoms with Crippen molar-refractivity contribution in [2.75, 3.05) is 39.6 Å². The molecule has 0 fully saturated rings. The molecule has 4 unspecified atom stereocenters. The van der Waals surface area contributed by atoms with Crippen molar-refractivity contribution in [3.63, 3.8) is 0 Å². The van der Waals surface area contributed by atoms with E-state index < -0.39 is 97.5 Å². The van der Waals surface area contributed by atoms with Gasteiger partial charge >= 0.3 is 39.5 Å². The highest BCUT2D eigenvalue weighted by molar-refractivity contribution is 7.47. The second kappa shape index (κ2) is 57.9. The predicted molar refractivity (Wildman–Crippen MR) is 349 cm³/mol. The SMILES string of the molecule is CCC(C)CCCCCCCCCCCCC(=O)O[C@H](COC(=O)CCCCCCCCCCC(C)C)COP(=O)(O)OC[C@@H](O)COP(=O)(O)OC[C@@H](COC(=O)CCCCCCCCC(C)CC)OC(=O)CCCCCCCCCCCC(C)C. The summed E-state index contributed by atoms with van der Waals surface area (Å²) < 4.78 is 68.2. The first-order valence-electron chi connectivity index (χ1n) is 35.3. The van der Waals surface area contributed by atoms with Crippen LogP contribution >= 0.6 is 15.6 Å². The third-order valence-electron chi connectivity index (χ3n) is 16.3. The first-order valence-corrected chi connectivity index (χ1v) is 38.3.